The number of hydrogen-bond acceptors (Lipinski definition) is 4. The van der Waals surface area contributed by atoms with Crippen LogP contribution >= 0.6 is 11.8 Å². The first-order valence-electron chi connectivity index (χ1n) is 8.46. The second-order valence-corrected chi connectivity index (χ2v) is 8.43. The number of amides is 2. The third kappa shape index (κ3) is 4.98. The Morgan fingerprint density at radius 2 is 2.04 bits per heavy atom. The molecule has 3 N–H and O–H groups in total. The zero-order valence-electron chi connectivity index (χ0n) is 14.6. The van der Waals surface area contributed by atoms with Crippen molar-refractivity contribution in [1.29, 1.82) is 0 Å². The van der Waals surface area contributed by atoms with Gasteiger partial charge >= 0.3 is 0 Å². The molecule has 0 radical (unpaired) electrons. The van der Waals surface area contributed by atoms with Gasteiger partial charge in [-0.2, -0.15) is 0 Å². The lowest BCUT2D eigenvalue weighted by molar-refractivity contribution is -0.122. The van der Waals surface area contributed by atoms with E-state index in [0.29, 0.717) is 11.8 Å². The molecule has 2 atom stereocenters. The monoisotopic (exact) mass is 349 g/mol. The second kappa shape index (κ2) is 8.53. The summed E-state index contributed by atoms with van der Waals surface area (Å²) in [7, 11) is 0. The van der Waals surface area contributed by atoms with Crippen LogP contribution in [0.2, 0.25) is 0 Å². The number of thioether (sulfide) groups is 1. The molecular weight excluding hydrogens is 322 g/mol. The summed E-state index contributed by atoms with van der Waals surface area (Å²) in [6.45, 7) is 7.57. The maximum Gasteiger partial charge on any atom is 0.237 e. The number of benzene rings is 1. The molecule has 1 fully saturated rings. The van der Waals surface area contributed by atoms with Crippen molar-refractivity contribution in [3.05, 3.63) is 29.8 Å². The summed E-state index contributed by atoms with van der Waals surface area (Å²) in [6.07, 6.45) is 1.79. The summed E-state index contributed by atoms with van der Waals surface area (Å²) < 4.78 is 0. The number of hydrogen-bond donors (Lipinski definition) is 2. The molecule has 0 spiro atoms. The van der Waals surface area contributed by atoms with Crippen molar-refractivity contribution >= 4 is 29.3 Å². The van der Waals surface area contributed by atoms with Crippen molar-refractivity contribution in [2.24, 2.45) is 5.73 Å². The van der Waals surface area contributed by atoms with Gasteiger partial charge in [-0.3, -0.25) is 14.5 Å². The van der Waals surface area contributed by atoms with Gasteiger partial charge in [-0.25, -0.2) is 0 Å². The van der Waals surface area contributed by atoms with Crippen LogP contribution in [0.15, 0.2) is 24.3 Å². The molecular formula is C18H27N3O2S. The smallest absolute Gasteiger partial charge is 0.237 e. The maximum atomic E-state index is 12.4. The molecule has 1 aliphatic rings. The quantitative estimate of drug-likeness (QED) is 0.793. The van der Waals surface area contributed by atoms with E-state index in [9.17, 15) is 9.59 Å². The van der Waals surface area contributed by atoms with E-state index in [-0.39, 0.29) is 23.1 Å². The number of carbonyl (C=O) groups is 2. The van der Waals surface area contributed by atoms with Crippen molar-refractivity contribution in [3.8, 4) is 0 Å². The first kappa shape index (κ1) is 18.8. The molecule has 0 aliphatic carbocycles. The van der Waals surface area contributed by atoms with E-state index in [1.807, 2.05) is 31.2 Å². The average molecular weight is 350 g/mol. The van der Waals surface area contributed by atoms with Gasteiger partial charge in [0.2, 0.25) is 11.8 Å². The average Bonchev–Trinajstić information content (AvgIpc) is 2.97. The number of nitrogens with two attached hydrogens (primary N) is 1. The minimum atomic E-state index is -0.268. The Bertz CT molecular complexity index is 591. The molecule has 1 aromatic carbocycles. The summed E-state index contributed by atoms with van der Waals surface area (Å²) in [5.74, 6) is -0.259. The molecule has 1 heterocycles. The summed E-state index contributed by atoms with van der Waals surface area (Å²) >= 11 is 1.64. The van der Waals surface area contributed by atoms with Gasteiger partial charge in [0.25, 0.3) is 0 Å². The highest BCUT2D eigenvalue weighted by Crippen LogP contribution is 2.25. The van der Waals surface area contributed by atoms with Crippen LogP contribution in [0.25, 0.3) is 0 Å². The van der Waals surface area contributed by atoms with Crippen molar-refractivity contribution < 1.29 is 9.59 Å². The molecule has 0 bridgehead atoms. The van der Waals surface area contributed by atoms with Crippen molar-refractivity contribution in [2.75, 3.05) is 11.9 Å². The van der Waals surface area contributed by atoms with Crippen LogP contribution in [0.4, 0.5) is 5.69 Å². The zero-order valence-corrected chi connectivity index (χ0v) is 15.4. The number of rotatable bonds is 7. The van der Waals surface area contributed by atoms with Crippen LogP contribution in [0, 0.1) is 0 Å². The lowest BCUT2D eigenvalue weighted by Gasteiger charge is -2.23. The van der Waals surface area contributed by atoms with Gasteiger partial charge in [-0.1, -0.05) is 32.0 Å². The Morgan fingerprint density at radius 3 is 2.71 bits per heavy atom. The molecule has 132 valence electrons. The van der Waals surface area contributed by atoms with Gasteiger partial charge in [-0.15, -0.1) is 11.8 Å². The fourth-order valence-corrected chi connectivity index (χ4v) is 4.04. The van der Waals surface area contributed by atoms with E-state index in [4.69, 9.17) is 5.73 Å². The Morgan fingerprint density at radius 1 is 1.33 bits per heavy atom. The number of carbonyl (C=O) groups excluding carboxylic acids is 2. The number of nitrogens with one attached hydrogen (secondary N) is 1. The van der Waals surface area contributed by atoms with E-state index in [1.165, 1.54) is 0 Å². The summed E-state index contributed by atoms with van der Waals surface area (Å²) in [6, 6.07) is 7.56. The van der Waals surface area contributed by atoms with Gasteiger partial charge in [-0.05, 0) is 43.2 Å². The summed E-state index contributed by atoms with van der Waals surface area (Å²) in [5, 5.41) is 3.33. The SMILES string of the molecule is CC(C)S[C@H](C)C(=O)Nc1ccccc1CN1CCC[C@H]1C(N)=O. The predicted molar refractivity (Wildman–Crippen MR) is 99.9 cm³/mol. The Kier molecular flexibility index (Phi) is 6.69. The number of nitrogens with zero attached hydrogens (tertiary/aromatic N) is 1. The van der Waals surface area contributed by atoms with Crippen LogP contribution in [-0.4, -0.2) is 39.8 Å². The standard InChI is InChI=1S/C18H27N3O2S/c1-12(2)24-13(3)18(23)20-15-8-5-4-7-14(15)11-21-10-6-9-16(21)17(19)22/h4-5,7-8,12-13,16H,6,9-11H2,1-3H3,(H2,19,22)(H,20,23)/t13-,16+/m1/s1. The van der Waals surface area contributed by atoms with Crippen molar-refractivity contribution in [3.63, 3.8) is 0 Å². The normalized spacial score (nSPS) is 19.4. The molecule has 2 rings (SSSR count). The van der Waals surface area contributed by atoms with Gasteiger partial charge in [0.15, 0.2) is 0 Å². The maximum absolute atomic E-state index is 12.4. The molecule has 1 saturated heterocycles. The number of likely N-dealkylation sites (tertiary alicyclic amines) is 1. The zero-order chi connectivity index (χ0) is 17.7. The molecule has 0 aromatic heterocycles. The van der Waals surface area contributed by atoms with Gasteiger partial charge in [0.1, 0.15) is 0 Å². The molecule has 1 aliphatic heterocycles. The molecule has 6 heteroatoms. The molecule has 5 nitrogen and oxygen atoms in total. The third-order valence-corrected chi connectivity index (χ3v) is 5.35. The Balaban J connectivity index is 2.07. The van der Waals surface area contributed by atoms with Crippen LogP contribution in [0.5, 0.6) is 0 Å². The van der Waals surface area contributed by atoms with Crippen molar-refractivity contribution in [2.45, 2.75) is 56.7 Å². The minimum absolute atomic E-state index is 0.00835. The van der Waals surface area contributed by atoms with Gasteiger partial charge in [0.05, 0.1) is 11.3 Å². The molecule has 24 heavy (non-hydrogen) atoms. The number of anilines is 1. The number of para-hydroxylation sites is 1. The molecule has 0 unspecified atom stereocenters. The van der Waals surface area contributed by atoms with Crippen LogP contribution in [-0.2, 0) is 16.1 Å². The van der Waals surface area contributed by atoms with Crippen LogP contribution in [0.1, 0.15) is 39.2 Å². The summed E-state index contributed by atoms with van der Waals surface area (Å²) in [4.78, 5) is 26.1. The van der Waals surface area contributed by atoms with E-state index < -0.39 is 0 Å². The van der Waals surface area contributed by atoms with Crippen molar-refractivity contribution in [1.82, 2.24) is 4.90 Å². The van der Waals surface area contributed by atoms with E-state index in [2.05, 4.69) is 24.1 Å². The Hall–Kier alpha value is -1.53. The van der Waals surface area contributed by atoms with E-state index in [1.54, 1.807) is 11.8 Å². The fourth-order valence-electron chi connectivity index (χ4n) is 3.04. The van der Waals surface area contributed by atoms with E-state index >= 15 is 0 Å². The van der Waals surface area contributed by atoms with Crippen LogP contribution in [0.3, 0.4) is 0 Å². The topological polar surface area (TPSA) is 75.4 Å². The Labute approximate surface area is 148 Å². The summed E-state index contributed by atoms with van der Waals surface area (Å²) in [5.41, 5.74) is 7.32. The lowest BCUT2D eigenvalue weighted by atomic mass is 10.1. The third-order valence-electron chi connectivity index (χ3n) is 4.19. The largest absolute Gasteiger partial charge is 0.368 e. The van der Waals surface area contributed by atoms with E-state index in [0.717, 1.165) is 30.6 Å². The molecule has 2 amide bonds. The second-order valence-electron chi connectivity index (χ2n) is 6.50. The molecule has 0 saturated carbocycles. The molecule has 1 aromatic rings. The van der Waals surface area contributed by atoms with Gasteiger partial charge < -0.3 is 11.1 Å². The highest BCUT2D eigenvalue weighted by Gasteiger charge is 2.29. The van der Waals surface area contributed by atoms with Gasteiger partial charge in [0, 0.05) is 12.2 Å². The van der Waals surface area contributed by atoms with Crippen LogP contribution < -0.4 is 11.1 Å². The fraction of sp³-hybridized carbons (Fsp3) is 0.556. The first-order valence-corrected chi connectivity index (χ1v) is 9.40. The minimum Gasteiger partial charge on any atom is -0.368 e. The predicted octanol–water partition coefficient (Wildman–Crippen LogP) is 2.60. The highest BCUT2D eigenvalue weighted by atomic mass is 32.2. The first-order chi connectivity index (χ1) is 11.4. The highest BCUT2D eigenvalue weighted by molar-refractivity contribution is 8.01. The number of primary amides is 1. The lowest BCUT2D eigenvalue weighted by Crippen LogP contribution is -2.39.